The number of halogens is 1. The molecule has 1 amide bonds. The average Bonchev–Trinajstić information content (AvgIpc) is 2.79. The van der Waals surface area contributed by atoms with E-state index in [9.17, 15) is 4.79 Å². The molecule has 0 bridgehead atoms. The Balaban J connectivity index is 1.30. The highest BCUT2D eigenvalue weighted by Crippen LogP contribution is 2.20. The van der Waals surface area contributed by atoms with Gasteiger partial charge in [0.05, 0.1) is 12.2 Å². The van der Waals surface area contributed by atoms with Crippen molar-refractivity contribution >= 4 is 23.2 Å². The van der Waals surface area contributed by atoms with Crippen LogP contribution in [0.2, 0.25) is 5.02 Å². The second-order valence-electron chi connectivity index (χ2n) is 7.44. The molecule has 5 nitrogen and oxygen atoms in total. The smallest absolute Gasteiger partial charge is 0.251 e. The Bertz CT molecular complexity index is 970. The molecule has 3 aromatic rings. The molecule has 0 atom stereocenters. The number of hydrogen-bond donors (Lipinski definition) is 1. The summed E-state index contributed by atoms with van der Waals surface area (Å²) in [5.41, 5.74) is 3.90. The van der Waals surface area contributed by atoms with E-state index in [2.05, 4.69) is 38.3 Å². The number of anilines is 1. The van der Waals surface area contributed by atoms with Gasteiger partial charge in [-0.25, -0.2) is 0 Å². The minimum atomic E-state index is -0.0740. The maximum atomic E-state index is 12.5. The summed E-state index contributed by atoms with van der Waals surface area (Å²) in [6, 6.07) is 21.6. The van der Waals surface area contributed by atoms with Gasteiger partial charge in [0.2, 0.25) is 0 Å². The Morgan fingerprint density at radius 1 is 0.967 bits per heavy atom. The molecule has 2 heterocycles. The van der Waals surface area contributed by atoms with Crippen LogP contribution in [0.3, 0.4) is 0 Å². The summed E-state index contributed by atoms with van der Waals surface area (Å²) in [5.74, 6) is -0.0740. The van der Waals surface area contributed by atoms with E-state index in [1.54, 1.807) is 6.20 Å². The highest BCUT2D eigenvalue weighted by molar-refractivity contribution is 6.30. The highest BCUT2D eigenvalue weighted by atomic mass is 35.5. The van der Waals surface area contributed by atoms with Crippen LogP contribution in [0.25, 0.3) is 0 Å². The minimum absolute atomic E-state index is 0.0740. The lowest BCUT2D eigenvalue weighted by molar-refractivity contribution is 0.0950. The van der Waals surface area contributed by atoms with Crippen molar-refractivity contribution in [2.75, 3.05) is 31.1 Å². The van der Waals surface area contributed by atoms with Gasteiger partial charge in [-0.05, 0) is 54.1 Å². The molecule has 1 aliphatic heterocycles. The third kappa shape index (κ3) is 5.38. The molecule has 6 heteroatoms. The lowest BCUT2D eigenvalue weighted by Gasteiger charge is -2.36. The molecule has 4 rings (SSSR count). The predicted molar refractivity (Wildman–Crippen MR) is 121 cm³/mol. The largest absolute Gasteiger partial charge is 0.369 e. The summed E-state index contributed by atoms with van der Waals surface area (Å²) < 4.78 is 0. The zero-order valence-corrected chi connectivity index (χ0v) is 17.6. The van der Waals surface area contributed by atoms with E-state index < -0.39 is 0 Å². The summed E-state index contributed by atoms with van der Waals surface area (Å²) >= 11 is 5.99. The molecule has 0 spiro atoms. The van der Waals surface area contributed by atoms with E-state index in [4.69, 9.17) is 11.6 Å². The van der Waals surface area contributed by atoms with Gasteiger partial charge in [-0.1, -0.05) is 29.8 Å². The number of carbonyl (C=O) groups is 1. The number of piperazine rings is 1. The Hall–Kier alpha value is -2.89. The summed E-state index contributed by atoms with van der Waals surface area (Å²) in [6.45, 7) is 5.20. The molecule has 1 aromatic heterocycles. The fraction of sp³-hybridized carbons (Fsp3) is 0.250. The zero-order valence-electron chi connectivity index (χ0n) is 16.8. The normalized spacial score (nSPS) is 14.5. The first-order valence-electron chi connectivity index (χ1n) is 10.2. The van der Waals surface area contributed by atoms with Gasteiger partial charge >= 0.3 is 0 Å². The van der Waals surface area contributed by atoms with Crippen molar-refractivity contribution < 1.29 is 4.79 Å². The lowest BCUT2D eigenvalue weighted by Crippen LogP contribution is -2.45. The van der Waals surface area contributed by atoms with E-state index in [0.717, 1.165) is 49.0 Å². The van der Waals surface area contributed by atoms with Gasteiger partial charge in [0, 0.05) is 55.2 Å². The molecule has 2 aromatic carbocycles. The van der Waals surface area contributed by atoms with Gasteiger partial charge in [-0.3, -0.25) is 14.7 Å². The first kappa shape index (κ1) is 20.4. The Labute approximate surface area is 182 Å². The third-order valence-electron chi connectivity index (χ3n) is 5.32. The van der Waals surface area contributed by atoms with Crippen LogP contribution in [0, 0.1) is 0 Å². The second kappa shape index (κ2) is 9.74. The van der Waals surface area contributed by atoms with Crippen LogP contribution in [0.1, 0.15) is 21.6 Å². The highest BCUT2D eigenvalue weighted by Gasteiger charge is 2.17. The summed E-state index contributed by atoms with van der Waals surface area (Å²) in [4.78, 5) is 21.6. The first-order valence-corrected chi connectivity index (χ1v) is 10.5. The van der Waals surface area contributed by atoms with E-state index >= 15 is 0 Å². The van der Waals surface area contributed by atoms with Crippen LogP contribution in [-0.2, 0) is 13.1 Å². The molecule has 1 saturated heterocycles. The number of rotatable bonds is 6. The Morgan fingerprint density at radius 2 is 1.77 bits per heavy atom. The quantitative estimate of drug-likeness (QED) is 0.655. The zero-order chi connectivity index (χ0) is 20.8. The third-order valence-corrected chi connectivity index (χ3v) is 5.57. The number of amides is 1. The summed E-state index contributed by atoms with van der Waals surface area (Å²) in [5, 5.41) is 3.71. The number of benzene rings is 2. The van der Waals surface area contributed by atoms with Crippen molar-refractivity contribution in [2.24, 2.45) is 0 Å². The van der Waals surface area contributed by atoms with Gasteiger partial charge in [-0.2, -0.15) is 0 Å². The molecule has 0 unspecified atom stereocenters. The van der Waals surface area contributed by atoms with Crippen LogP contribution in [0.15, 0.2) is 72.9 Å². The monoisotopic (exact) mass is 420 g/mol. The van der Waals surface area contributed by atoms with Crippen molar-refractivity contribution in [3.8, 4) is 0 Å². The molecule has 0 aliphatic carbocycles. The molecule has 1 N–H and O–H groups in total. The maximum absolute atomic E-state index is 12.5. The fourth-order valence-electron chi connectivity index (χ4n) is 3.66. The minimum Gasteiger partial charge on any atom is -0.369 e. The van der Waals surface area contributed by atoms with Crippen LogP contribution >= 0.6 is 11.6 Å². The van der Waals surface area contributed by atoms with E-state index in [0.29, 0.717) is 12.1 Å². The SMILES string of the molecule is O=C(NCc1ccccn1)c1cccc(CN2CCN(c3ccc(Cl)cc3)CC2)c1. The average molecular weight is 421 g/mol. The summed E-state index contributed by atoms with van der Waals surface area (Å²) in [6.07, 6.45) is 1.73. The molecular weight excluding hydrogens is 396 g/mol. The van der Waals surface area contributed by atoms with E-state index in [1.165, 1.54) is 5.69 Å². The fourth-order valence-corrected chi connectivity index (χ4v) is 3.79. The van der Waals surface area contributed by atoms with Crippen molar-refractivity contribution in [3.05, 3.63) is 94.8 Å². The molecule has 0 radical (unpaired) electrons. The number of nitrogens with one attached hydrogen (secondary N) is 1. The van der Waals surface area contributed by atoms with Crippen LogP contribution in [0.5, 0.6) is 0 Å². The van der Waals surface area contributed by atoms with Gasteiger partial charge < -0.3 is 10.2 Å². The summed E-state index contributed by atoms with van der Waals surface area (Å²) in [7, 11) is 0. The van der Waals surface area contributed by atoms with Gasteiger partial charge in [0.25, 0.3) is 5.91 Å². The van der Waals surface area contributed by atoms with Crippen molar-refractivity contribution in [2.45, 2.75) is 13.1 Å². The molecule has 1 aliphatic rings. The molecule has 0 saturated carbocycles. The predicted octanol–water partition coefficient (Wildman–Crippen LogP) is 3.99. The van der Waals surface area contributed by atoms with Gasteiger partial charge in [-0.15, -0.1) is 0 Å². The lowest BCUT2D eigenvalue weighted by atomic mass is 10.1. The van der Waals surface area contributed by atoms with Crippen molar-refractivity contribution in [3.63, 3.8) is 0 Å². The Kier molecular flexibility index (Phi) is 6.62. The van der Waals surface area contributed by atoms with E-state index in [1.807, 2.05) is 48.5 Å². The van der Waals surface area contributed by atoms with Crippen molar-refractivity contribution in [1.29, 1.82) is 0 Å². The number of carbonyl (C=O) groups excluding carboxylic acids is 1. The molecule has 30 heavy (non-hydrogen) atoms. The van der Waals surface area contributed by atoms with E-state index in [-0.39, 0.29) is 5.91 Å². The molecule has 154 valence electrons. The van der Waals surface area contributed by atoms with Gasteiger partial charge in [0.1, 0.15) is 0 Å². The standard InChI is InChI=1S/C24H25ClN4O/c25-21-7-9-23(10-8-21)29-14-12-28(13-15-29)18-19-4-3-5-20(16-19)24(30)27-17-22-6-1-2-11-26-22/h1-11,16H,12-15,17-18H2,(H,27,30). The second-order valence-corrected chi connectivity index (χ2v) is 7.88. The first-order chi connectivity index (χ1) is 14.7. The van der Waals surface area contributed by atoms with Gasteiger partial charge in [0.15, 0.2) is 0 Å². The number of nitrogens with zero attached hydrogens (tertiary/aromatic N) is 3. The van der Waals surface area contributed by atoms with Crippen LogP contribution in [0.4, 0.5) is 5.69 Å². The van der Waals surface area contributed by atoms with Crippen molar-refractivity contribution in [1.82, 2.24) is 15.2 Å². The topological polar surface area (TPSA) is 48.5 Å². The number of pyridine rings is 1. The molecular formula is C24H25ClN4O. The Morgan fingerprint density at radius 3 is 2.50 bits per heavy atom. The molecule has 1 fully saturated rings. The van der Waals surface area contributed by atoms with Crippen LogP contribution < -0.4 is 10.2 Å². The maximum Gasteiger partial charge on any atom is 0.251 e. The van der Waals surface area contributed by atoms with Crippen LogP contribution in [-0.4, -0.2) is 42.0 Å². The number of aromatic nitrogens is 1. The number of hydrogen-bond acceptors (Lipinski definition) is 4.